The molecule has 0 atom stereocenters. The summed E-state index contributed by atoms with van der Waals surface area (Å²) in [6, 6.07) is 5.91. The van der Waals surface area contributed by atoms with Gasteiger partial charge in [-0.15, -0.1) is 0 Å². The van der Waals surface area contributed by atoms with Crippen molar-refractivity contribution in [2.45, 2.75) is 85.5 Å². The number of benzene rings is 2. The van der Waals surface area contributed by atoms with E-state index in [2.05, 4.69) is 13.8 Å². The van der Waals surface area contributed by atoms with Crippen LogP contribution in [0.25, 0.3) is 0 Å². The van der Waals surface area contributed by atoms with Crippen LogP contribution in [-0.4, -0.2) is 61.8 Å². The maximum absolute atomic E-state index is 11.7. The molecular weight excluding hydrogens is 580 g/mol. The molecule has 0 radical (unpaired) electrons. The van der Waals surface area contributed by atoms with Crippen LogP contribution < -0.4 is 28.4 Å². The molecule has 45 heavy (non-hydrogen) atoms. The van der Waals surface area contributed by atoms with Gasteiger partial charge in [-0.3, -0.25) is 0 Å². The summed E-state index contributed by atoms with van der Waals surface area (Å²) < 4.78 is 35.5. The van der Waals surface area contributed by atoms with Crippen molar-refractivity contribution in [3.05, 3.63) is 47.5 Å². The largest absolute Gasteiger partial charge is 0.490 e. The van der Waals surface area contributed by atoms with Crippen LogP contribution in [0, 0.1) is 0 Å². The van der Waals surface area contributed by atoms with Gasteiger partial charge in [-0.2, -0.15) is 0 Å². The predicted molar refractivity (Wildman–Crippen MR) is 173 cm³/mol. The van der Waals surface area contributed by atoms with Gasteiger partial charge in [0.05, 0.1) is 50.8 Å². The van der Waals surface area contributed by atoms with Crippen molar-refractivity contribution in [3.63, 3.8) is 0 Å². The number of carbonyl (C=O) groups is 2. The van der Waals surface area contributed by atoms with E-state index in [1.165, 1.54) is 24.3 Å². The summed E-state index contributed by atoms with van der Waals surface area (Å²) in [4.78, 5) is 23.4. The van der Waals surface area contributed by atoms with Crippen LogP contribution in [0.5, 0.6) is 34.5 Å². The van der Waals surface area contributed by atoms with Crippen molar-refractivity contribution in [2.24, 2.45) is 0 Å². The molecule has 250 valence electrons. The summed E-state index contributed by atoms with van der Waals surface area (Å²) in [6.45, 7) is 10.6. The molecule has 0 aliphatic carbocycles. The van der Waals surface area contributed by atoms with Crippen molar-refractivity contribution in [1.82, 2.24) is 0 Å². The molecule has 0 saturated heterocycles. The molecular formula is C35H50O10. The minimum Gasteiger partial charge on any atom is -0.490 e. The lowest BCUT2D eigenvalue weighted by molar-refractivity contribution is 0.0685. The van der Waals surface area contributed by atoms with E-state index in [0.717, 1.165) is 44.9 Å². The highest BCUT2D eigenvalue weighted by Gasteiger charge is 2.20. The molecule has 2 N–H and O–H groups in total. The van der Waals surface area contributed by atoms with Crippen molar-refractivity contribution in [2.75, 3.05) is 39.6 Å². The number of aromatic carboxylic acids is 2. The van der Waals surface area contributed by atoms with Gasteiger partial charge >= 0.3 is 11.9 Å². The normalized spacial score (nSPS) is 10.9. The van der Waals surface area contributed by atoms with Gasteiger partial charge in [0.1, 0.15) is 0 Å². The summed E-state index contributed by atoms with van der Waals surface area (Å²) in [5.74, 6) is 0.178. The summed E-state index contributed by atoms with van der Waals surface area (Å²) >= 11 is 0. The number of carboxylic acid groups (broad SMARTS) is 2. The quantitative estimate of drug-likeness (QED) is 0.0818. The second-order valence-electron chi connectivity index (χ2n) is 10.4. The van der Waals surface area contributed by atoms with E-state index in [0.29, 0.717) is 87.0 Å². The Morgan fingerprint density at radius 3 is 1.27 bits per heavy atom. The van der Waals surface area contributed by atoms with E-state index in [1.807, 2.05) is 26.0 Å². The van der Waals surface area contributed by atoms with Crippen LogP contribution in [0.2, 0.25) is 0 Å². The van der Waals surface area contributed by atoms with Gasteiger partial charge in [0.2, 0.25) is 11.5 Å². The fourth-order valence-electron chi connectivity index (χ4n) is 4.03. The zero-order valence-electron chi connectivity index (χ0n) is 27.2. The Labute approximate surface area is 267 Å². The number of allylic oxidation sites excluding steroid dienone is 1. The smallest absolute Gasteiger partial charge is 0.335 e. The molecule has 10 nitrogen and oxygen atoms in total. The fraction of sp³-hybridized carbons (Fsp3) is 0.543. The van der Waals surface area contributed by atoms with Crippen molar-refractivity contribution >= 4 is 11.9 Å². The molecule has 10 heteroatoms. The lowest BCUT2D eigenvalue weighted by Gasteiger charge is -2.18. The minimum absolute atomic E-state index is 0.0766. The number of ether oxygens (including phenoxy) is 6. The Bertz CT molecular complexity index is 1210. The maximum atomic E-state index is 11.7. The molecule has 0 amide bonds. The van der Waals surface area contributed by atoms with Gasteiger partial charge in [0.15, 0.2) is 23.0 Å². The first-order chi connectivity index (χ1) is 21.9. The Kier molecular flexibility index (Phi) is 17.8. The SMILES string of the molecule is CCCCOc1cc(C(=O)O)cc(OCC/C=C\CCCOc2cc(C(=O)O)cc(OCCCC)c2OCCC)c1OCCC. The Hall–Kier alpha value is -4.08. The highest BCUT2D eigenvalue weighted by Crippen LogP contribution is 2.40. The third-order valence-corrected chi connectivity index (χ3v) is 6.43. The Morgan fingerprint density at radius 2 is 0.889 bits per heavy atom. The third kappa shape index (κ3) is 13.2. The van der Waals surface area contributed by atoms with Crippen LogP contribution >= 0.6 is 0 Å². The average molecular weight is 631 g/mol. The molecule has 0 bridgehead atoms. The topological polar surface area (TPSA) is 130 Å². The van der Waals surface area contributed by atoms with Gasteiger partial charge in [-0.25, -0.2) is 9.59 Å². The molecule has 2 aromatic rings. The minimum atomic E-state index is -1.07. The molecule has 0 saturated carbocycles. The van der Waals surface area contributed by atoms with E-state index < -0.39 is 11.9 Å². The molecule has 0 aliphatic rings. The van der Waals surface area contributed by atoms with Crippen LogP contribution in [0.1, 0.15) is 106 Å². The van der Waals surface area contributed by atoms with E-state index in [9.17, 15) is 19.8 Å². The molecule has 0 aliphatic heterocycles. The number of carboxylic acids is 2. The van der Waals surface area contributed by atoms with E-state index in [4.69, 9.17) is 28.4 Å². The zero-order chi connectivity index (χ0) is 32.9. The Balaban J connectivity index is 1.97. The predicted octanol–water partition coefficient (Wildman–Crippen LogP) is 8.20. The number of unbranched alkanes of at least 4 members (excludes halogenated alkanes) is 3. The molecule has 2 rings (SSSR count). The lowest BCUT2D eigenvalue weighted by atomic mass is 10.1. The average Bonchev–Trinajstić information content (AvgIpc) is 3.02. The van der Waals surface area contributed by atoms with E-state index in [-0.39, 0.29) is 11.1 Å². The summed E-state index contributed by atoms with van der Waals surface area (Å²) in [5.41, 5.74) is 0.157. The maximum Gasteiger partial charge on any atom is 0.335 e. The zero-order valence-corrected chi connectivity index (χ0v) is 27.2. The van der Waals surface area contributed by atoms with Crippen LogP contribution in [0.4, 0.5) is 0 Å². The molecule has 0 aromatic heterocycles. The summed E-state index contributed by atoms with van der Waals surface area (Å²) in [5, 5.41) is 19.2. The van der Waals surface area contributed by atoms with E-state index in [1.54, 1.807) is 0 Å². The molecule has 2 aromatic carbocycles. The van der Waals surface area contributed by atoms with Gasteiger partial charge in [0, 0.05) is 0 Å². The van der Waals surface area contributed by atoms with Gasteiger partial charge in [-0.1, -0.05) is 52.7 Å². The summed E-state index contributed by atoms with van der Waals surface area (Å²) in [6.07, 6.45) is 11.2. The second kappa shape index (κ2) is 21.6. The monoisotopic (exact) mass is 630 g/mol. The van der Waals surface area contributed by atoms with Crippen LogP contribution in [-0.2, 0) is 0 Å². The number of rotatable bonds is 25. The fourth-order valence-corrected chi connectivity index (χ4v) is 4.03. The first kappa shape index (κ1) is 37.1. The summed E-state index contributed by atoms with van der Waals surface area (Å²) in [7, 11) is 0. The highest BCUT2D eigenvalue weighted by molar-refractivity contribution is 5.90. The van der Waals surface area contributed by atoms with Crippen LogP contribution in [0.3, 0.4) is 0 Å². The molecule has 0 spiro atoms. The molecule has 0 unspecified atom stereocenters. The highest BCUT2D eigenvalue weighted by atomic mass is 16.5. The van der Waals surface area contributed by atoms with Crippen LogP contribution in [0.15, 0.2) is 36.4 Å². The molecule has 0 fully saturated rings. The first-order valence-corrected chi connectivity index (χ1v) is 16.1. The molecule has 0 heterocycles. The van der Waals surface area contributed by atoms with Crippen molar-refractivity contribution in [3.8, 4) is 34.5 Å². The third-order valence-electron chi connectivity index (χ3n) is 6.43. The van der Waals surface area contributed by atoms with Gasteiger partial charge in [0.25, 0.3) is 0 Å². The van der Waals surface area contributed by atoms with E-state index >= 15 is 0 Å². The lowest BCUT2D eigenvalue weighted by Crippen LogP contribution is -2.08. The Morgan fingerprint density at radius 1 is 0.511 bits per heavy atom. The van der Waals surface area contributed by atoms with Crippen molar-refractivity contribution < 1.29 is 48.2 Å². The van der Waals surface area contributed by atoms with Gasteiger partial charge < -0.3 is 38.6 Å². The first-order valence-electron chi connectivity index (χ1n) is 16.1. The van der Waals surface area contributed by atoms with Gasteiger partial charge in [-0.05, 0) is 69.2 Å². The number of hydrogen-bond donors (Lipinski definition) is 2. The second-order valence-corrected chi connectivity index (χ2v) is 10.4. The van der Waals surface area contributed by atoms with Crippen molar-refractivity contribution in [1.29, 1.82) is 0 Å². The standard InChI is InChI=1S/C35H50O10/c1-5-9-18-40-28-22-26(34(36)37)24-30(32(28)44-16-7-3)42-20-14-12-11-13-15-21-43-31-25-27(35(38)39)23-29(41-19-10-6-2)33(31)45-17-8-4/h11-12,22-25H,5-10,13-21H2,1-4H3,(H,36,37)(H,38,39)/b12-11-. The number of hydrogen-bond acceptors (Lipinski definition) is 8.